The number of carboxylic acid groups (broad SMARTS) is 1. The minimum absolute atomic E-state index is 0.200. The molecule has 1 N–H and O–H groups in total. The van der Waals surface area contributed by atoms with Crippen LogP contribution in [0.2, 0.25) is 10.0 Å². The summed E-state index contributed by atoms with van der Waals surface area (Å²) in [5.41, 5.74) is -0.506. The summed E-state index contributed by atoms with van der Waals surface area (Å²) in [5.74, 6) is -1.11. The van der Waals surface area contributed by atoms with Gasteiger partial charge in [0.25, 0.3) is 5.91 Å². The molecule has 108 valence electrons. The molecule has 0 radical (unpaired) electrons. The first-order valence-electron chi connectivity index (χ1n) is 6.31. The van der Waals surface area contributed by atoms with Crippen molar-refractivity contribution in [3.8, 4) is 0 Å². The fourth-order valence-electron chi connectivity index (χ4n) is 2.45. The van der Waals surface area contributed by atoms with Crippen LogP contribution in [0.3, 0.4) is 0 Å². The third-order valence-electron chi connectivity index (χ3n) is 3.61. The largest absolute Gasteiger partial charge is 0.481 e. The van der Waals surface area contributed by atoms with Crippen molar-refractivity contribution >= 4 is 35.1 Å². The van der Waals surface area contributed by atoms with E-state index in [1.54, 1.807) is 30.0 Å². The zero-order valence-corrected chi connectivity index (χ0v) is 12.5. The Hall–Kier alpha value is -1.26. The number of aliphatic carboxylic acids is 1. The van der Waals surface area contributed by atoms with Gasteiger partial charge in [0.15, 0.2) is 0 Å². The molecular formula is C14H15Cl2NO3. The Kier molecular flexibility index (Phi) is 4.25. The van der Waals surface area contributed by atoms with Gasteiger partial charge < -0.3 is 10.0 Å². The molecule has 6 heteroatoms. The lowest BCUT2D eigenvalue weighted by Crippen LogP contribution is -2.48. The number of carbonyl (C=O) groups is 2. The van der Waals surface area contributed by atoms with E-state index < -0.39 is 11.4 Å². The van der Waals surface area contributed by atoms with Crippen LogP contribution in [0.25, 0.3) is 0 Å². The second-order valence-electron chi connectivity index (χ2n) is 5.35. The van der Waals surface area contributed by atoms with Crippen LogP contribution < -0.4 is 0 Å². The monoisotopic (exact) mass is 315 g/mol. The number of nitrogens with zero attached hydrogens (tertiary/aromatic N) is 1. The summed E-state index contributed by atoms with van der Waals surface area (Å²) in [6.07, 6.45) is 1.24. The molecule has 1 aromatic rings. The summed E-state index contributed by atoms with van der Waals surface area (Å²) in [6.45, 7) is 2.41. The van der Waals surface area contributed by atoms with Gasteiger partial charge in [-0.25, -0.2) is 0 Å². The van der Waals surface area contributed by atoms with Crippen LogP contribution in [-0.4, -0.2) is 35.0 Å². The number of hydrogen-bond acceptors (Lipinski definition) is 2. The highest BCUT2D eigenvalue weighted by molar-refractivity contribution is 6.35. The molecule has 0 aromatic heterocycles. The maximum Gasteiger partial charge on any atom is 0.311 e. The molecule has 1 amide bonds. The van der Waals surface area contributed by atoms with E-state index >= 15 is 0 Å². The SMILES string of the molecule is CC1(C(=O)O)CCCN(C(=O)c2cc(Cl)cc(Cl)c2)C1. The van der Waals surface area contributed by atoms with E-state index in [1.165, 1.54) is 0 Å². The molecule has 0 aliphatic carbocycles. The van der Waals surface area contributed by atoms with Crippen LogP contribution in [0.5, 0.6) is 0 Å². The van der Waals surface area contributed by atoms with E-state index in [2.05, 4.69) is 0 Å². The minimum atomic E-state index is -0.893. The molecule has 20 heavy (non-hydrogen) atoms. The van der Waals surface area contributed by atoms with Crippen molar-refractivity contribution in [2.24, 2.45) is 5.41 Å². The highest BCUT2D eigenvalue weighted by atomic mass is 35.5. The van der Waals surface area contributed by atoms with Gasteiger partial charge in [-0.3, -0.25) is 9.59 Å². The van der Waals surface area contributed by atoms with Gasteiger partial charge in [0.05, 0.1) is 5.41 Å². The Morgan fingerprint density at radius 2 is 1.85 bits per heavy atom. The Bertz CT molecular complexity index is 541. The number of hydrogen-bond donors (Lipinski definition) is 1. The van der Waals surface area contributed by atoms with Gasteiger partial charge in [-0.15, -0.1) is 0 Å². The maximum absolute atomic E-state index is 12.4. The molecule has 1 aromatic carbocycles. The van der Waals surface area contributed by atoms with E-state index in [0.29, 0.717) is 35.0 Å². The van der Waals surface area contributed by atoms with Crippen LogP contribution >= 0.6 is 23.2 Å². The Morgan fingerprint density at radius 1 is 1.25 bits per heavy atom. The smallest absolute Gasteiger partial charge is 0.311 e. The van der Waals surface area contributed by atoms with Gasteiger partial charge in [0, 0.05) is 28.7 Å². The number of amides is 1. The Balaban J connectivity index is 2.22. The zero-order valence-electron chi connectivity index (χ0n) is 11.0. The molecule has 1 aliphatic heterocycles. The highest BCUT2D eigenvalue weighted by Gasteiger charge is 2.39. The van der Waals surface area contributed by atoms with Gasteiger partial charge >= 0.3 is 5.97 Å². The molecule has 1 atom stereocenters. The van der Waals surface area contributed by atoms with E-state index in [9.17, 15) is 14.7 Å². The zero-order chi connectivity index (χ0) is 14.9. The van der Waals surface area contributed by atoms with Crippen molar-refractivity contribution in [1.82, 2.24) is 4.90 Å². The summed E-state index contributed by atoms with van der Waals surface area (Å²) < 4.78 is 0. The van der Waals surface area contributed by atoms with Gasteiger partial charge in [-0.2, -0.15) is 0 Å². The average molecular weight is 316 g/mol. The third-order valence-corrected chi connectivity index (χ3v) is 4.05. The number of benzene rings is 1. The molecule has 1 unspecified atom stereocenters. The van der Waals surface area contributed by atoms with Crippen molar-refractivity contribution in [2.45, 2.75) is 19.8 Å². The molecule has 1 saturated heterocycles. The molecule has 1 aliphatic rings. The highest BCUT2D eigenvalue weighted by Crippen LogP contribution is 2.31. The van der Waals surface area contributed by atoms with Crippen LogP contribution in [0.4, 0.5) is 0 Å². The van der Waals surface area contributed by atoms with Crippen LogP contribution in [-0.2, 0) is 4.79 Å². The van der Waals surface area contributed by atoms with Crippen molar-refractivity contribution < 1.29 is 14.7 Å². The fraction of sp³-hybridized carbons (Fsp3) is 0.429. The standard InChI is InChI=1S/C14H15Cl2NO3/c1-14(13(19)20)3-2-4-17(8-14)12(18)9-5-10(15)7-11(16)6-9/h5-7H,2-4,8H2,1H3,(H,19,20). The predicted octanol–water partition coefficient (Wildman–Crippen LogP) is 3.32. The van der Waals surface area contributed by atoms with Crippen LogP contribution in [0.1, 0.15) is 30.1 Å². The molecule has 2 rings (SSSR count). The summed E-state index contributed by atoms with van der Waals surface area (Å²) in [7, 11) is 0. The van der Waals surface area contributed by atoms with Gasteiger partial charge in [0.1, 0.15) is 0 Å². The minimum Gasteiger partial charge on any atom is -0.481 e. The second-order valence-corrected chi connectivity index (χ2v) is 6.23. The summed E-state index contributed by atoms with van der Waals surface area (Å²) in [5, 5.41) is 10.1. The summed E-state index contributed by atoms with van der Waals surface area (Å²) in [4.78, 5) is 25.3. The number of carboxylic acids is 1. The van der Waals surface area contributed by atoms with Crippen LogP contribution in [0, 0.1) is 5.41 Å². The number of carbonyl (C=O) groups excluding carboxylic acids is 1. The van der Waals surface area contributed by atoms with E-state index in [1.807, 2.05) is 0 Å². The Morgan fingerprint density at radius 3 is 2.40 bits per heavy atom. The van der Waals surface area contributed by atoms with Gasteiger partial charge in [0.2, 0.25) is 0 Å². The normalized spacial score (nSPS) is 22.6. The quantitative estimate of drug-likeness (QED) is 0.910. The van der Waals surface area contributed by atoms with Gasteiger partial charge in [-0.1, -0.05) is 23.2 Å². The predicted molar refractivity (Wildman–Crippen MR) is 77.3 cm³/mol. The van der Waals surface area contributed by atoms with E-state index in [-0.39, 0.29) is 12.5 Å². The molecule has 0 bridgehead atoms. The Labute approximate surface area is 127 Å². The molecule has 0 spiro atoms. The average Bonchev–Trinajstić information content (AvgIpc) is 2.36. The van der Waals surface area contributed by atoms with Crippen LogP contribution in [0.15, 0.2) is 18.2 Å². The lowest BCUT2D eigenvalue weighted by molar-refractivity contribution is -0.150. The first-order valence-corrected chi connectivity index (χ1v) is 7.06. The summed E-state index contributed by atoms with van der Waals surface area (Å²) >= 11 is 11.8. The first-order chi connectivity index (χ1) is 9.32. The molecule has 1 heterocycles. The number of rotatable bonds is 2. The number of piperidine rings is 1. The topological polar surface area (TPSA) is 57.6 Å². The number of halogens is 2. The van der Waals surface area contributed by atoms with Crippen molar-refractivity contribution in [2.75, 3.05) is 13.1 Å². The van der Waals surface area contributed by atoms with Gasteiger partial charge in [-0.05, 0) is 38.0 Å². The van der Waals surface area contributed by atoms with E-state index in [4.69, 9.17) is 23.2 Å². The van der Waals surface area contributed by atoms with Crippen molar-refractivity contribution in [3.63, 3.8) is 0 Å². The molecule has 1 fully saturated rings. The second kappa shape index (κ2) is 5.62. The van der Waals surface area contributed by atoms with Crippen molar-refractivity contribution in [1.29, 1.82) is 0 Å². The molecule has 4 nitrogen and oxygen atoms in total. The van der Waals surface area contributed by atoms with Crippen molar-refractivity contribution in [3.05, 3.63) is 33.8 Å². The fourth-order valence-corrected chi connectivity index (χ4v) is 2.97. The van der Waals surface area contributed by atoms with E-state index in [0.717, 1.165) is 0 Å². The lowest BCUT2D eigenvalue weighted by Gasteiger charge is -2.37. The third kappa shape index (κ3) is 3.07. The number of likely N-dealkylation sites (tertiary alicyclic amines) is 1. The molecular weight excluding hydrogens is 301 g/mol. The molecule has 0 saturated carbocycles. The summed E-state index contributed by atoms with van der Waals surface area (Å²) in [6, 6.07) is 4.64. The first kappa shape index (κ1) is 15.1. The lowest BCUT2D eigenvalue weighted by atomic mass is 9.82. The maximum atomic E-state index is 12.4.